The van der Waals surface area contributed by atoms with Gasteiger partial charge in [-0.1, -0.05) is 6.42 Å². The Balaban J connectivity index is 1.23. The highest BCUT2D eigenvalue weighted by Gasteiger charge is 2.40. The molecule has 1 saturated heterocycles. The van der Waals surface area contributed by atoms with Crippen LogP contribution in [0.4, 0.5) is 10.1 Å². The van der Waals surface area contributed by atoms with Gasteiger partial charge in [0.2, 0.25) is 5.91 Å². The number of anilines is 1. The molecule has 3 atom stereocenters. The Morgan fingerprint density at radius 2 is 1.83 bits per heavy atom. The maximum Gasteiger partial charge on any atom is 0.234 e. The number of piperazine rings is 1. The summed E-state index contributed by atoms with van der Waals surface area (Å²) in [5.74, 6) is 1.58. The standard InChI is InChI=1S/C19H26FN3O/c20-16-3-5-17(6-4-16)23-9-7-22(8-10-23)13-19(24)21-18-12-14-1-2-15(18)11-14/h3-6,14-15,18H,1-2,7-13H2,(H,21,24)/t14-,15-,18-/m0/s1. The van der Waals surface area contributed by atoms with Crippen molar-refractivity contribution in [3.05, 3.63) is 30.1 Å². The second-order valence-electron chi connectivity index (χ2n) is 7.59. The molecule has 1 amide bonds. The first-order chi connectivity index (χ1) is 11.7. The third-order valence-electron chi connectivity index (χ3n) is 6.02. The Morgan fingerprint density at radius 1 is 1.08 bits per heavy atom. The van der Waals surface area contributed by atoms with Crippen LogP contribution in [0.2, 0.25) is 0 Å². The molecule has 4 rings (SSSR count). The second kappa shape index (κ2) is 6.71. The molecule has 1 aromatic carbocycles. The number of carbonyl (C=O) groups excluding carboxylic acids is 1. The van der Waals surface area contributed by atoms with Crippen LogP contribution in [0.3, 0.4) is 0 Å². The van der Waals surface area contributed by atoms with E-state index >= 15 is 0 Å². The number of benzene rings is 1. The van der Waals surface area contributed by atoms with Gasteiger partial charge < -0.3 is 10.2 Å². The zero-order valence-electron chi connectivity index (χ0n) is 14.1. The van der Waals surface area contributed by atoms with Gasteiger partial charge in [-0.15, -0.1) is 0 Å². The first-order valence-corrected chi connectivity index (χ1v) is 9.19. The lowest BCUT2D eigenvalue weighted by Gasteiger charge is -2.36. The molecule has 1 heterocycles. The van der Waals surface area contributed by atoms with Gasteiger partial charge in [-0.2, -0.15) is 0 Å². The highest BCUT2D eigenvalue weighted by molar-refractivity contribution is 5.78. The fourth-order valence-corrected chi connectivity index (χ4v) is 4.69. The molecule has 24 heavy (non-hydrogen) atoms. The van der Waals surface area contributed by atoms with E-state index in [0.29, 0.717) is 12.6 Å². The van der Waals surface area contributed by atoms with E-state index in [1.54, 1.807) is 0 Å². The van der Waals surface area contributed by atoms with Crippen LogP contribution in [0.1, 0.15) is 25.7 Å². The highest BCUT2D eigenvalue weighted by atomic mass is 19.1. The lowest BCUT2D eigenvalue weighted by Crippen LogP contribution is -2.51. The van der Waals surface area contributed by atoms with Crippen LogP contribution in [-0.2, 0) is 4.79 Å². The topological polar surface area (TPSA) is 35.6 Å². The molecule has 0 radical (unpaired) electrons. The molecule has 5 heteroatoms. The summed E-state index contributed by atoms with van der Waals surface area (Å²) in [6, 6.07) is 7.09. The molecule has 3 fully saturated rings. The van der Waals surface area contributed by atoms with Gasteiger partial charge in [-0.25, -0.2) is 4.39 Å². The Labute approximate surface area is 143 Å². The molecular formula is C19H26FN3O. The number of nitrogens with zero attached hydrogens (tertiary/aromatic N) is 2. The molecule has 4 nitrogen and oxygen atoms in total. The van der Waals surface area contributed by atoms with Crippen LogP contribution in [0, 0.1) is 17.7 Å². The molecule has 3 aliphatic rings. The third-order valence-corrected chi connectivity index (χ3v) is 6.02. The molecular weight excluding hydrogens is 305 g/mol. The maximum absolute atomic E-state index is 13.0. The minimum atomic E-state index is -0.199. The molecule has 130 valence electrons. The van der Waals surface area contributed by atoms with Crippen molar-refractivity contribution in [1.82, 2.24) is 10.2 Å². The van der Waals surface area contributed by atoms with Crippen molar-refractivity contribution in [2.45, 2.75) is 31.7 Å². The lowest BCUT2D eigenvalue weighted by atomic mass is 9.95. The summed E-state index contributed by atoms with van der Waals surface area (Å²) in [4.78, 5) is 16.8. The second-order valence-corrected chi connectivity index (χ2v) is 7.59. The SMILES string of the molecule is O=C(CN1CCN(c2ccc(F)cc2)CC1)N[C@H]1C[C@H]2CC[C@H]1C2. The lowest BCUT2D eigenvalue weighted by molar-refractivity contribution is -0.123. The van der Waals surface area contributed by atoms with Gasteiger partial charge in [0.25, 0.3) is 0 Å². The Hall–Kier alpha value is -1.62. The quantitative estimate of drug-likeness (QED) is 0.919. The fraction of sp³-hybridized carbons (Fsp3) is 0.632. The van der Waals surface area contributed by atoms with E-state index in [1.807, 2.05) is 12.1 Å². The third kappa shape index (κ3) is 3.41. The van der Waals surface area contributed by atoms with E-state index in [0.717, 1.165) is 43.7 Å². The Kier molecular flexibility index (Phi) is 4.44. The predicted molar refractivity (Wildman–Crippen MR) is 92.4 cm³/mol. The van der Waals surface area contributed by atoms with Gasteiger partial charge in [0, 0.05) is 37.9 Å². The number of hydrogen-bond donors (Lipinski definition) is 1. The predicted octanol–water partition coefficient (Wildman–Crippen LogP) is 2.25. The minimum Gasteiger partial charge on any atom is -0.369 e. The van der Waals surface area contributed by atoms with Gasteiger partial charge in [0.05, 0.1) is 6.54 Å². The van der Waals surface area contributed by atoms with Crippen LogP contribution >= 0.6 is 0 Å². The van der Waals surface area contributed by atoms with Crippen molar-refractivity contribution in [2.75, 3.05) is 37.6 Å². The Bertz CT molecular complexity index is 583. The summed E-state index contributed by atoms with van der Waals surface area (Å²) in [5, 5.41) is 3.27. The first-order valence-electron chi connectivity index (χ1n) is 9.19. The van der Waals surface area contributed by atoms with E-state index in [2.05, 4.69) is 15.1 Å². The summed E-state index contributed by atoms with van der Waals surface area (Å²) in [7, 11) is 0. The fourth-order valence-electron chi connectivity index (χ4n) is 4.69. The normalized spacial score (nSPS) is 29.9. The average Bonchev–Trinajstić information content (AvgIpc) is 3.19. The summed E-state index contributed by atoms with van der Waals surface area (Å²) in [5.41, 5.74) is 1.06. The molecule has 2 saturated carbocycles. The Morgan fingerprint density at radius 3 is 2.46 bits per heavy atom. The maximum atomic E-state index is 13.0. The monoisotopic (exact) mass is 331 g/mol. The molecule has 0 aromatic heterocycles. The number of hydrogen-bond acceptors (Lipinski definition) is 3. The summed E-state index contributed by atoms with van der Waals surface area (Å²) in [6.07, 6.45) is 5.17. The van der Waals surface area contributed by atoms with Gasteiger partial charge >= 0.3 is 0 Å². The van der Waals surface area contributed by atoms with E-state index < -0.39 is 0 Å². The molecule has 2 bridgehead atoms. The smallest absolute Gasteiger partial charge is 0.234 e. The van der Waals surface area contributed by atoms with Crippen LogP contribution in [0.5, 0.6) is 0 Å². The molecule has 2 aliphatic carbocycles. The van der Waals surface area contributed by atoms with Gasteiger partial charge in [-0.3, -0.25) is 9.69 Å². The van der Waals surface area contributed by atoms with E-state index in [4.69, 9.17) is 0 Å². The van der Waals surface area contributed by atoms with E-state index in [9.17, 15) is 9.18 Å². The number of nitrogens with one attached hydrogen (secondary N) is 1. The highest BCUT2D eigenvalue weighted by Crippen LogP contribution is 2.44. The zero-order valence-corrected chi connectivity index (χ0v) is 14.1. The summed E-state index contributed by atoms with van der Waals surface area (Å²) < 4.78 is 13.0. The van der Waals surface area contributed by atoms with Crippen LogP contribution in [0.25, 0.3) is 0 Å². The summed E-state index contributed by atoms with van der Waals surface area (Å²) >= 11 is 0. The molecule has 1 aliphatic heterocycles. The van der Waals surface area contributed by atoms with Crippen molar-refractivity contribution in [2.24, 2.45) is 11.8 Å². The van der Waals surface area contributed by atoms with E-state index in [1.165, 1.54) is 37.8 Å². The zero-order chi connectivity index (χ0) is 16.5. The van der Waals surface area contributed by atoms with Gasteiger partial charge in [-0.05, 0) is 55.4 Å². The minimum absolute atomic E-state index is 0.183. The number of carbonyl (C=O) groups is 1. The summed E-state index contributed by atoms with van der Waals surface area (Å²) in [6.45, 7) is 4.02. The average molecular weight is 331 g/mol. The molecule has 1 N–H and O–H groups in total. The van der Waals surface area contributed by atoms with E-state index in [-0.39, 0.29) is 11.7 Å². The molecule has 0 spiro atoms. The van der Waals surface area contributed by atoms with Crippen LogP contribution < -0.4 is 10.2 Å². The van der Waals surface area contributed by atoms with Gasteiger partial charge in [0.1, 0.15) is 5.82 Å². The number of fused-ring (bicyclic) bond motifs is 2. The van der Waals surface area contributed by atoms with Crippen molar-refractivity contribution in [3.63, 3.8) is 0 Å². The van der Waals surface area contributed by atoms with Crippen molar-refractivity contribution < 1.29 is 9.18 Å². The number of halogens is 1. The molecule has 0 unspecified atom stereocenters. The first kappa shape index (κ1) is 15.9. The number of rotatable bonds is 4. The van der Waals surface area contributed by atoms with Crippen molar-refractivity contribution >= 4 is 11.6 Å². The number of amides is 1. The largest absolute Gasteiger partial charge is 0.369 e. The molecule has 1 aromatic rings. The van der Waals surface area contributed by atoms with Crippen molar-refractivity contribution in [3.8, 4) is 0 Å². The van der Waals surface area contributed by atoms with Crippen LogP contribution in [-0.4, -0.2) is 49.6 Å². The van der Waals surface area contributed by atoms with Crippen molar-refractivity contribution in [1.29, 1.82) is 0 Å². The van der Waals surface area contributed by atoms with Crippen LogP contribution in [0.15, 0.2) is 24.3 Å². The van der Waals surface area contributed by atoms with Gasteiger partial charge in [0.15, 0.2) is 0 Å².